The molecule has 3 rings (SSSR count). The number of imidazole rings is 1. The van der Waals surface area contributed by atoms with E-state index in [1.54, 1.807) is 21.9 Å². The topological polar surface area (TPSA) is 73.0 Å². The van der Waals surface area contributed by atoms with Crippen molar-refractivity contribution in [2.75, 3.05) is 13.1 Å². The lowest BCUT2D eigenvalue weighted by Gasteiger charge is -2.31. The number of ketones is 1. The van der Waals surface area contributed by atoms with Crippen LogP contribution in [-0.2, 0) is 13.6 Å². The van der Waals surface area contributed by atoms with E-state index in [9.17, 15) is 9.59 Å². The maximum atomic E-state index is 12.7. The fraction of sp³-hybridized carbons (Fsp3) is 0.529. The Kier molecular flexibility index (Phi) is 4.51. The fourth-order valence-electron chi connectivity index (χ4n) is 3.26. The average Bonchev–Trinajstić information content (AvgIpc) is 3.19. The highest BCUT2D eigenvalue weighted by Gasteiger charge is 2.31. The summed E-state index contributed by atoms with van der Waals surface area (Å²) < 4.78 is 3.54. The van der Waals surface area contributed by atoms with Crippen LogP contribution in [-0.4, -0.2) is 49.0 Å². The number of rotatable bonds is 4. The maximum Gasteiger partial charge on any atom is 0.274 e. The molecule has 0 bridgehead atoms. The standard InChI is InChI=1S/C17H23N5O2/c1-4-22-12(2)10-14(19-22)17(24)21-8-5-6-13(11-21)15(23)16-18-7-9-20(16)3/h7,9-10,13H,4-6,8,11H2,1-3H3/t13-/m0/s1. The average molecular weight is 329 g/mol. The number of piperidine rings is 1. The third-order valence-corrected chi connectivity index (χ3v) is 4.62. The molecule has 3 heterocycles. The minimum Gasteiger partial charge on any atom is -0.337 e. The van der Waals surface area contributed by atoms with Crippen molar-refractivity contribution in [3.05, 3.63) is 35.7 Å². The van der Waals surface area contributed by atoms with Crippen molar-refractivity contribution in [2.45, 2.75) is 33.2 Å². The fourth-order valence-corrected chi connectivity index (χ4v) is 3.26. The van der Waals surface area contributed by atoms with Crippen LogP contribution < -0.4 is 0 Å². The van der Waals surface area contributed by atoms with Gasteiger partial charge in [-0.05, 0) is 32.8 Å². The molecule has 0 unspecified atom stereocenters. The van der Waals surface area contributed by atoms with E-state index in [2.05, 4.69) is 10.1 Å². The highest BCUT2D eigenvalue weighted by molar-refractivity contribution is 5.96. The lowest BCUT2D eigenvalue weighted by molar-refractivity contribution is 0.0627. The first kappa shape index (κ1) is 16.4. The Hall–Kier alpha value is -2.44. The largest absolute Gasteiger partial charge is 0.337 e. The molecular weight excluding hydrogens is 306 g/mol. The predicted molar refractivity (Wildman–Crippen MR) is 88.8 cm³/mol. The predicted octanol–water partition coefficient (Wildman–Crippen LogP) is 1.68. The number of carbonyl (C=O) groups is 2. The van der Waals surface area contributed by atoms with Crippen molar-refractivity contribution in [1.82, 2.24) is 24.2 Å². The van der Waals surface area contributed by atoms with E-state index in [-0.39, 0.29) is 17.6 Å². The molecule has 1 aliphatic rings. The molecule has 7 heteroatoms. The number of nitrogens with zero attached hydrogens (tertiary/aromatic N) is 5. The van der Waals surface area contributed by atoms with Crippen LogP contribution in [0.4, 0.5) is 0 Å². The Bertz CT molecular complexity index is 761. The monoisotopic (exact) mass is 329 g/mol. The van der Waals surface area contributed by atoms with Gasteiger partial charge in [0.15, 0.2) is 11.5 Å². The molecular formula is C17H23N5O2. The number of aryl methyl sites for hydroxylation is 3. The zero-order chi connectivity index (χ0) is 17.3. The van der Waals surface area contributed by atoms with Crippen LogP contribution in [0.2, 0.25) is 0 Å². The van der Waals surface area contributed by atoms with E-state index in [4.69, 9.17) is 0 Å². The van der Waals surface area contributed by atoms with Crippen molar-refractivity contribution < 1.29 is 9.59 Å². The molecule has 0 aromatic carbocycles. The number of likely N-dealkylation sites (tertiary alicyclic amines) is 1. The number of amides is 1. The first-order chi connectivity index (χ1) is 11.5. The number of carbonyl (C=O) groups excluding carboxylic acids is 2. The molecule has 7 nitrogen and oxygen atoms in total. The first-order valence-corrected chi connectivity index (χ1v) is 8.36. The molecule has 24 heavy (non-hydrogen) atoms. The van der Waals surface area contributed by atoms with Gasteiger partial charge < -0.3 is 9.47 Å². The van der Waals surface area contributed by atoms with E-state index < -0.39 is 0 Å². The van der Waals surface area contributed by atoms with Crippen LogP contribution in [0.3, 0.4) is 0 Å². The second-order valence-corrected chi connectivity index (χ2v) is 6.30. The van der Waals surface area contributed by atoms with Crippen LogP contribution >= 0.6 is 0 Å². The summed E-state index contributed by atoms with van der Waals surface area (Å²) in [5.41, 5.74) is 1.43. The smallest absolute Gasteiger partial charge is 0.274 e. The van der Waals surface area contributed by atoms with E-state index in [1.807, 2.05) is 31.6 Å². The summed E-state index contributed by atoms with van der Waals surface area (Å²) in [6, 6.07) is 1.82. The number of hydrogen-bond acceptors (Lipinski definition) is 4. The SMILES string of the molecule is CCn1nc(C(=O)N2CCC[C@H](C(=O)c3nccn3C)C2)cc1C. The van der Waals surface area contributed by atoms with Crippen molar-refractivity contribution in [3.63, 3.8) is 0 Å². The van der Waals surface area contributed by atoms with Gasteiger partial charge >= 0.3 is 0 Å². The highest BCUT2D eigenvalue weighted by Crippen LogP contribution is 2.22. The lowest BCUT2D eigenvalue weighted by atomic mass is 9.93. The Morgan fingerprint density at radius 2 is 2.17 bits per heavy atom. The van der Waals surface area contributed by atoms with Gasteiger partial charge in [-0.2, -0.15) is 5.10 Å². The minimum atomic E-state index is -0.196. The summed E-state index contributed by atoms with van der Waals surface area (Å²) in [5.74, 6) is 0.177. The molecule has 0 saturated carbocycles. The molecule has 2 aromatic heterocycles. The molecule has 1 aliphatic heterocycles. The van der Waals surface area contributed by atoms with E-state index in [0.717, 1.165) is 25.1 Å². The molecule has 128 valence electrons. The van der Waals surface area contributed by atoms with Crippen molar-refractivity contribution >= 4 is 11.7 Å². The Morgan fingerprint density at radius 1 is 1.38 bits per heavy atom. The second-order valence-electron chi connectivity index (χ2n) is 6.30. The van der Waals surface area contributed by atoms with Gasteiger partial charge in [0.1, 0.15) is 0 Å². The van der Waals surface area contributed by atoms with Crippen LogP contribution in [0, 0.1) is 12.8 Å². The molecule has 1 saturated heterocycles. The van der Waals surface area contributed by atoms with E-state index in [0.29, 0.717) is 24.6 Å². The van der Waals surface area contributed by atoms with Crippen LogP contribution in [0.15, 0.2) is 18.5 Å². The van der Waals surface area contributed by atoms with Crippen molar-refractivity contribution in [3.8, 4) is 0 Å². The normalized spacial score (nSPS) is 18.0. The van der Waals surface area contributed by atoms with Crippen molar-refractivity contribution in [2.24, 2.45) is 13.0 Å². The third kappa shape index (κ3) is 2.98. The van der Waals surface area contributed by atoms with E-state index in [1.165, 1.54) is 0 Å². The van der Waals surface area contributed by atoms with Crippen LogP contribution in [0.25, 0.3) is 0 Å². The molecule has 0 spiro atoms. The van der Waals surface area contributed by atoms with Gasteiger partial charge in [0.2, 0.25) is 5.78 Å². The second kappa shape index (κ2) is 6.59. The number of Topliss-reactive ketones (excluding diaryl/α,β-unsaturated/α-hetero) is 1. The first-order valence-electron chi connectivity index (χ1n) is 8.36. The van der Waals surface area contributed by atoms with Gasteiger partial charge in [0.25, 0.3) is 5.91 Å². The molecule has 1 fully saturated rings. The Morgan fingerprint density at radius 3 is 2.79 bits per heavy atom. The third-order valence-electron chi connectivity index (χ3n) is 4.62. The van der Waals surface area contributed by atoms with E-state index >= 15 is 0 Å². The van der Waals surface area contributed by atoms with Gasteiger partial charge in [-0.25, -0.2) is 4.98 Å². The van der Waals surface area contributed by atoms with Gasteiger partial charge in [-0.1, -0.05) is 0 Å². The van der Waals surface area contributed by atoms with Crippen molar-refractivity contribution in [1.29, 1.82) is 0 Å². The summed E-state index contributed by atoms with van der Waals surface area (Å²) in [6.45, 7) is 5.77. The zero-order valence-corrected chi connectivity index (χ0v) is 14.4. The molecule has 1 atom stereocenters. The van der Waals surface area contributed by atoms with Gasteiger partial charge in [0.05, 0.1) is 0 Å². The molecule has 1 amide bonds. The van der Waals surface area contributed by atoms with Gasteiger partial charge in [0, 0.05) is 50.7 Å². The highest BCUT2D eigenvalue weighted by atomic mass is 16.2. The lowest BCUT2D eigenvalue weighted by Crippen LogP contribution is -2.43. The van der Waals surface area contributed by atoms with Gasteiger partial charge in [-0.3, -0.25) is 14.3 Å². The summed E-state index contributed by atoms with van der Waals surface area (Å²) in [5, 5.41) is 4.36. The summed E-state index contributed by atoms with van der Waals surface area (Å²) >= 11 is 0. The van der Waals surface area contributed by atoms with Gasteiger partial charge in [-0.15, -0.1) is 0 Å². The molecule has 0 aliphatic carbocycles. The van der Waals surface area contributed by atoms with Crippen LogP contribution in [0.5, 0.6) is 0 Å². The molecule has 2 aromatic rings. The molecule has 0 radical (unpaired) electrons. The van der Waals surface area contributed by atoms with Crippen LogP contribution in [0.1, 0.15) is 46.6 Å². The summed E-state index contributed by atoms with van der Waals surface area (Å²) in [7, 11) is 1.81. The summed E-state index contributed by atoms with van der Waals surface area (Å²) in [4.78, 5) is 31.3. The Balaban J connectivity index is 1.74. The quantitative estimate of drug-likeness (QED) is 0.800. The Labute approximate surface area is 141 Å². The number of hydrogen-bond donors (Lipinski definition) is 0. The number of aromatic nitrogens is 4. The zero-order valence-electron chi connectivity index (χ0n) is 14.4. The summed E-state index contributed by atoms with van der Waals surface area (Å²) in [6.07, 6.45) is 5.00. The minimum absolute atomic E-state index is 0.00951. The maximum absolute atomic E-state index is 12.7. The molecule has 0 N–H and O–H groups in total.